The van der Waals surface area contributed by atoms with Crippen LogP contribution >= 0.6 is 0 Å². The molecule has 0 radical (unpaired) electrons. The van der Waals surface area contributed by atoms with Crippen molar-refractivity contribution in [2.24, 2.45) is 0 Å². The van der Waals surface area contributed by atoms with Crippen LogP contribution in [0.25, 0.3) is 0 Å². The second-order valence-electron chi connectivity index (χ2n) is 4.70. The number of carboxylic acid groups (broad SMARTS) is 1. The number of urea groups is 1. The smallest absolute Gasteiger partial charge is 0.336 e. The second kappa shape index (κ2) is 5.57. The third-order valence-corrected chi connectivity index (χ3v) is 4.37. The lowest BCUT2D eigenvalue weighted by Gasteiger charge is -2.12. The second-order valence-corrected chi connectivity index (χ2v) is 6.63. The van der Waals surface area contributed by atoms with E-state index in [4.69, 9.17) is 5.11 Å². The van der Waals surface area contributed by atoms with E-state index in [1.165, 1.54) is 12.1 Å². The van der Waals surface area contributed by atoms with Crippen LogP contribution in [0.3, 0.4) is 0 Å². The van der Waals surface area contributed by atoms with Crippen molar-refractivity contribution in [2.75, 3.05) is 11.1 Å². The van der Waals surface area contributed by atoms with Gasteiger partial charge in [-0.15, -0.1) is 0 Å². The van der Waals surface area contributed by atoms with Gasteiger partial charge >= 0.3 is 12.0 Å². The van der Waals surface area contributed by atoms with Gasteiger partial charge in [0.05, 0.1) is 17.4 Å². The van der Waals surface area contributed by atoms with Gasteiger partial charge in [-0.25, -0.2) is 18.0 Å². The maximum absolute atomic E-state index is 11.7. The zero-order valence-electron chi connectivity index (χ0n) is 11.2. The van der Waals surface area contributed by atoms with Crippen LogP contribution in [0.5, 0.6) is 0 Å². The Morgan fingerprint density at radius 2 is 2.05 bits per heavy atom. The molecule has 1 unspecified atom stereocenters. The van der Waals surface area contributed by atoms with Gasteiger partial charge in [0.1, 0.15) is 0 Å². The summed E-state index contributed by atoms with van der Waals surface area (Å²) in [5, 5.41) is 15.0. The van der Waals surface area contributed by atoms with Crippen molar-refractivity contribution < 1.29 is 23.1 Å². The van der Waals surface area contributed by atoms with E-state index in [2.05, 4.69) is 10.6 Å². The molecule has 2 rings (SSSR count). The molecule has 0 spiro atoms. The van der Waals surface area contributed by atoms with Crippen molar-refractivity contribution in [1.82, 2.24) is 5.32 Å². The molecule has 8 heteroatoms. The Labute approximate surface area is 121 Å². The third-order valence-electron chi connectivity index (χ3n) is 2.97. The number of anilines is 1. The first-order valence-corrected chi connectivity index (χ1v) is 7.81. The molecule has 0 saturated carbocycles. The summed E-state index contributed by atoms with van der Waals surface area (Å²) in [6, 6.07) is 3.32. The third kappa shape index (κ3) is 3.82. The molecule has 7 nitrogen and oxygen atoms in total. The Hall–Kier alpha value is -2.35. The highest BCUT2D eigenvalue weighted by Crippen LogP contribution is 2.15. The van der Waals surface area contributed by atoms with Crippen LogP contribution in [-0.2, 0) is 9.84 Å². The van der Waals surface area contributed by atoms with Crippen molar-refractivity contribution in [3.8, 4) is 0 Å². The molecule has 0 aromatic heterocycles. The summed E-state index contributed by atoms with van der Waals surface area (Å²) in [5.41, 5.74) is 0.995. The fourth-order valence-electron chi connectivity index (χ4n) is 1.93. The quantitative estimate of drug-likeness (QED) is 0.774. The molecule has 21 heavy (non-hydrogen) atoms. The molecule has 0 saturated heterocycles. The molecule has 2 amide bonds. The number of nitrogens with one attached hydrogen (secondary N) is 2. The van der Waals surface area contributed by atoms with E-state index in [1.807, 2.05) is 0 Å². The molecule has 0 fully saturated rings. The van der Waals surface area contributed by atoms with Crippen LogP contribution in [0, 0.1) is 6.92 Å². The predicted octanol–water partition coefficient (Wildman–Crippen LogP) is 1.13. The van der Waals surface area contributed by atoms with Gasteiger partial charge in [-0.2, -0.15) is 0 Å². The van der Waals surface area contributed by atoms with Gasteiger partial charge in [-0.05, 0) is 30.7 Å². The van der Waals surface area contributed by atoms with Gasteiger partial charge < -0.3 is 15.7 Å². The molecule has 1 aromatic rings. The molecule has 3 N–H and O–H groups in total. The Morgan fingerprint density at radius 1 is 1.33 bits per heavy atom. The standard InChI is InChI=1S/C13H14N2O5S/c1-8-2-3-9(6-11(8)12(16)17)14-13(18)15-10-4-5-21(19,20)7-10/h2-6,10H,7H2,1H3,(H,16,17)(H2,14,15,18). The number of benzene rings is 1. The maximum Gasteiger partial charge on any atom is 0.336 e. The predicted molar refractivity (Wildman–Crippen MR) is 77.0 cm³/mol. The first-order chi connectivity index (χ1) is 9.77. The van der Waals surface area contributed by atoms with Gasteiger partial charge in [-0.3, -0.25) is 0 Å². The van der Waals surface area contributed by atoms with E-state index in [1.54, 1.807) is 19.1 Å². The highest BCUT2D eigenvalue weighted by molar-refractivity contribution is 7.94. The molecule has 1 aliphatic rings. The average molecular weight is 310 g/mol. The van der Waals surface area contributed by atoms with Crippen molar-refractivity contribution in [3.05, 3.63) is 40.8 Å². The minimum atomic E-state index is -3.24. The van der Waals surface area contributed by atoms with E-state index < -0.39 is 27.9 Å². The first kappa shape index (κ1) is 15.0. The summed E-state index contributed by atoms with van der Waals surface area (Å²) >= 11 is 0. The van der Waals surface area contributed by atoms with Gasteiger partial charge in [0, 0.05) is 11.1 Å². The van der Waals surface area contributed by atoms with E-state index in [0.717, 1.165) is 5.41 Å². The molecule has 1 heterocycles. The normalized spacial score (nSPS) is 19.2. The lowest BCUT2D eigenvalue weighted by atomic mass is 10.1. The lowest BCUT2D eigenvalue weighted by Crippen LogP contribution is -2.38. The van der Waals surface area contributed by atoms with Gasteiger partial charge in [0.2, 0.25) is 0 Å². The summed E-state index contributed by atoms with van der Waals surface area (Å²) in [6.45, 7) is 1.65. The summed E-state index contributed by atoms with van der Waals surface area (Å²) in [5.74, 6) is -1.25. The number of aromatic carboxylic acids is 1. The summed E-state index contributed by atoms with van der Waals surface area (Å²) in [6.07, 6.45) is 1.40. The van der Waals surface area contributed by atoms with Crippen LogP contribution in [0.2, 0.25) is 0 Å². The Morgan fingerprint density at radius 3 is 2.62 bits per heavy atom. The van der Waals surface area contributed by atoms with Crippen molar-refractivity contribution in [1.29, 1.82) is 0 Å². The van der Waals surface area contributed by atoms with Crippen LogP contribution in [0.1, 0.15) is 15.9 Å². The molecular formula is C13H14N2O5S. The topological polar surface area (TPSA) is 113 Å². The van der Waals surface area contributed by atoms with Crippen molar-refractivity contribution >= 4 is 27.5 Å². The van der Waals surface area contributed by atoms with E-state index in [0.29, 0.717) is 11.3 Å². The molecular weight excluding hydrogens is 296 g/mol. The van der Waals surface area contributed by atoms with Gasteiger partial charge in [-0.1, -0.05) is 6.07 Å². The molecule has 0 aliphatic carbocycles. The van der Waals surface area contributed by atoms with Crippen LogP contribution in [0.15, 0.2) is 29.7 Å². The van der Waals surface area contributed by atoms with E-state index in [9.17, 15) is 18.0 Å². The summed E-state index contributed by atoms with van der Waals surface area (Å²) in [4.78, 5) is 22.8. The SMILES string of the molecule is Cc1ccc(NC(=O)NC2C=CS(=O)(=O)C2)cc1C(=O)O. The number of rotatable bonds is 3. The molecule has 1 aromatic carbocycles. The van der Waals surface area contributed by atoms with Crippen LogP contribution in [-0.4, -0.2) is 37.3 Å². The monoisotopic (exact) mass is 310 g/mol. The molecule has 1 atom stereocenters. The Kier molecular flexibility index (Phi) is 3.99. The highest BCUT2D eigenvalue weighted by atomic mass is 32.2. The number of carbonyl (C=O) groups excluding carboxylic acids is 1. The molecule has 1 aliphatic heterocycles. The fraction of sp³-hybridized carbons (Fsp3) is 0.231. The Bertz CT molecular complexity index is 724. The van der Waals surface area contributed by atoms with Crippen LogP contribution < -0.4 is 10.6 Å². The number of carboxylic acids is 1. The van der Waals surface area contributed by atoms with Gasteiger partial charge in [0.25, 0.3) is 0 Å². The minimum absolute atomic E-state index is 0.0936. The average Bonchev–Trinajstić information content (AvgIpc) is 2.70. The maximum atomic E-state index is 11.7. The van der Waals surface area contributed by atoms with E-state index >= 15 is 0 Å². The van der Waals surface area contributed by atoms with Crippen LogP contribution in [0.4, 0.5) is 10.5 Å². The number of carbonyl (C=O) groups is 2. The largest absolute Gasteiger partial charge is 0.478 e. The Balaban J connectivity index is 2.02. The highest BCUT2D eigenvalue weighted by Gasteiger charge is 2.23. The molecule has 0 bridgehead atoms. The minimum Gasteiger partial charge on any atom is -0.478 e. The zero-order chi connectivity index (χ0) is 15.6. The van der Waals surface area contributed by atoms with Gasteiger partial charge in [0.15, 0.2) is 9.84 Å². The summed E-state index contributed by atoms with van der Waals surface area (Å²) in [7, 11) is -3.24. The van der Waals surface area contributed by atoms with Crippen molar-refractivity contribution in [2.45, 2.75) is 13.0 Å². The number of amides is 2. The number of sulfone groups is 1. The first-order valence-electron chi connectivity index (χ1n) is 6.09. The number of hydrogen-bond donors (Lipinski definition) is 3. The van der Waals surface area contributed by atoms with Crippen molar-refractivity contribution in [3.63, 3.8) is 0 Å². The lowest BCUT2D eigenvalue weighted by molar-refractivity contribution is 0.0696. The number of hydrogen-bond acceptors (Lipinski definition) is 4. The zero-order valence-corrected chi connectivity index (χ0v) is 12.0. The summed E-state index contributed by atoms with van der Waals surface area (Å²) < 4.78 is 22.4. The molecule has 112 valence electrons. The fourth-order valence-corrected chi connectivity index (χ4v) is 3.17. The number of aryl methyl sites for hydroxylation is 1. The van der Waals surface area contributed by atoms with E-state index in [-0.39, 0.29) is 11.3 Å².